The molecule has 1 N–H and O–H groups in total. The number of amides is 1. The molecule has 0 aliphatic carbocycles. The van der Waals surface area contributed by atoms with Crippen LogP contribution in [-0.4, -0.2) is 31.7 Å². The minimum atomic E-state index is -3.53. The molecule has 0 atom stereocenters. The summed E-state index contributed by atoms with van der Waals surface area (Å²) in [6.45, 7) is 2.62. The Bertz CT molecular complexity index is 1250. The molecule has 0 radical (unpaired) electrons. The van der Waals surface area contributed by atoms with Gasteiger partial charge < -0.3 is 10.1 Å². The number of hydrogen-bond acceptors (Lipinski definition) is 4. The molecule has 0 spiro atoms. The summed E-state index contributed by atoms with van der Waals surface area (Å²) >= 11 is 0. The SMILES string of the molecule is Cc1ccc(Oc2ccccc2NC(=O)C2CCN(S(=O)(=O)/C=C\c3ccccc3)CC2)cc1. The average Bonchev–Trinajstić information content (AvgIpc) is 2.86. The van der Waals surface area contributed by atoms with E-state index in [1.807, 2.05) is 79.7 Å². The van der Waals surface area contributed by atoms with Gasteiger partial charge in [0.25, 0.3) is 0 Å². The monoisotopic (exact) mass is 476 g/mol. The fourth-order valence-corrected chi connectivity index (χ4v) is 5.04. The first-order chi connectivity index (χ1) is 16.4. The number of para-hydroxylation sites is 2. The van der Waals surface area contributed by atoms with Gasteiger partial charge in [0, 0.05) is 24.4 Å². The van der Waals surface area contributed by atoms with Gasteiger partial charge >= 0.3 is 0 Å². The highest BCUT2D eigenvalue weighted by Gasteiger charge is 2.30. The number of nitrogens with one attached hydrogen (secondary N) is 1. The Labute approximate surface area is 200 Å². The van der Waals surface area contributed by atoms with E-state index in [2.05, 4.69) is 5.32 Å². The van der Waals surface area contributed by atoms with Crippen molar-refractivity contribution in [1.29, 1.82) is 0 Å². The summed E-state index contributed by atoms with van der Waals surface area (Å²) in [4.78, 5) is 12.9. The molecule has 1 aliphatic rings. The molecule has 1 fully saturated rings. The lowest BCUT2D eigenvalue weighted by atomic mass is 9.97. The number of hydrogen-bond donors (Lipinski definition) is 1. The van der Waals surface area contributed by atoms with E-state index in [-0.39, 0.29) is 11.8 Å². The molecule has 34 heavy (non-hydrogen) atoms. The van der Waals surface area contributed by atoms with Crippen LogP contribution in [0.5, 0.6) is 11.5 Å². The molecule has 0 saturated carbocycles. The lowest BCUT2D eigenvalue weighted by molar-refractivity contribution is -0.120. The predicted octanol–water partition coefficient (Wildman–Crippen LogP) is 5.44. The summed E-state index contributed by atoms with van der Waals surface area (Å²) in [6, 6.07) is 24.3. The third kappa shape index (κ3) is 6.12. The fourth-order valence-electron chi connectivity index (χ4n) is 3.81. The molecule has 1 heterocycles. The van der Waals surface area contributed by atoms with Gasteiger partial charge in [0.1, 0.15) is 5.75 Å². The van der Waals surface area contributed by atoms with Crippen molar-refractivity contribution in [2.75, 3.05) is 18.4 Å². The van der Waals surface area contributed by atoms with Crippen LogP contribution in [0, 0.1) is 12.8 Å². The second kappa shape index (κ2) is 10.7. The van der Waals surface area contributed by atoms with Crippen LogP contribution in [0.3, 0.4) is 0 Å². The molecule has 1 amide bonds. The number of piperidine rings is 1. The molecular weight excluding hydrogens is 448 g/mol. The number of anilines is 1. The van der Waals surface area contributed by atoms with Crippen molar-refractivity contribution in [3.05, 3.63) is 95.4 Å². The largest absolute Gasteiger partial charge is 0.455 e. The van der Waals surface area contributed by atoms with Crippen LogP contribution in [0.4, 0.5) is 5.69 Å². The van der Waals surface area contributed by atoms with Gasteiger partial charge in [0.05, 0.1) is 5.69 Å². The topological polar surface area (TPSA) is 75.7 Å². The Kier molecular flexibility index (Phi) is 7.45. The Morgan fingerprint density at radius 3 is 2.29 bits per heavy atom. The normalized spacial score (nSPS) is 15.3. The predicted molar refractivity (Wildman–Crippen MR) is 135 cm³/mol. The van der Waals surface area contributed by atoms with Crippen molar-refractivity contribution < 1.29 is 17.9 Å². The van der Waals surface area contributed by atoms with Crippen molar-refractivity contribution in [2.24, 2.45) is 5.92 Å². The maximum atomic E-state index is 12.9. The maximum Gasteiger partial charge on any atom is 0.236 e. The van der Waals surface area contributed by atoms with Gasteiger partial charge in [-0.1, -0.05) is 60.2 Å². The number of benzene rings is 3. The first-order valence-electron chi connectivity index (χ1n) is 11.3. The Morgan fingerprint density at radius 2 is 1.59 bits per heavy atom. The number of ether oxygens (including phenoxy) is 1. The third-order valence-electron chi connectivity index (χ3n) is 5.81. The number of rotatable bonds is 7. The number of carbonyl (C=O) groups is 1. The summed E-state index contributed by atoms with van der Waals surface area (Å²) in [7, 11) is -3.53. The lowest BCUT2D eigenvalue weighted by Gasteiger charge is -2.29. The first kappa shape index (κ1) is 23.7. The molecule has 4 rings (SSSR count). The van der Waals surface area contributed by atoms with Crippen LogP contribution < -0.4 is 10.1 Å². The van der Waals surface area contributed by atoms with E-state index in [4.69, 9.17) is 4.74 Å². The fraction of sp³-hybridized carbons (Fsp3) is 0.222. The van der Waals surface area contributed by atoms with Gasteiger partial charge in [-0.2, -0.15) is 4.31 Å². The van der Waals surface area contributed by atoms with Crippen LogP contribution in [0.2, 0.25) is 0 Å². The van der Waals surface area contributed by atoms with Gasteiger partial charge in [-0.05, 0) is 55.7 Å². The van der Waals surface area contributed by atoms with Crippen molar-refractivity contribution in [2.45, 2.75) is 19.8 Å². The van der Waals surface area contributed by atoms with Crippen LogP contribution in [0.1, 0.15) is 24.0 Å². The van der Waals surface area contributed by atoms with E-state index in [0.29, 0.717) is 43.1 Å². The van der Waals surface area contributed by atoms with Gasteiger partial charge in [0.15, 0.2) is 5.75 Å². The van der Waals surface area contributed by atoms with Crippen molar-refractivity contribution in [3.8, 4) is 11.5 Å². The summed E-state index contributed by atoms with van der Waals surface area (Å²) in [5.41, 5.74) is 2.55. The second-order valence-corrected chi connectivity index (χ2v) is 10.2. The zero-order chi connectivity index (χ0) is 24.0. The average molecular weight is 477 g/mol. The summed E-state index contributed by atoms with van der Waals surface area (Å²) in [5.74, 6) is 0.856. The molecule has 1 saturated heterocycles. The summed E-state index contributed by atoms with van der Waals surface area (Å²) < 4.78 is 32.8. The number of sulfonamides is 1. The quantitative estimate of drug-likeness (QED) is 0.493. The minimum Gasteiger partial charge on any atom is -0.455 e. The highest BCUT2D eigenvalue weighted by Crippen LogP contribution is 2.31. The molecule has 0 aromatic heterocycles. The molecule has 6 nitrogen and oxygen atoms in total. The highest BCUT2D eigenvalue weighted by molar-refractivity contribution is 7.92. The van der Waals surface area contributed by atoms with Gasteiger partial charge in [-0.15, -0.1) is 0 Å². The number of nitrogens with zero attached hydrogens (tertiary/aromatic N) is 1. The maximum absolute atomic E-state index is 12.9. The van der Waals surface area contributed by atoms with E-state index >= 15 is 0 Å². The molecule has 1 aliphatic heterocycles. The van der Waals surface area contributed by atoms with E-state index < -0.39 is 10.0 Å². The van der Waals surface area contributed by atoms with Gasteiger partial charge in [-0.25, -0.2) is 8.42 Å². The third-order valence-corrected chi connectivity index (χ3v) is 7.38. The van der Waals surface area contributed by atoms with Gasteiger partial charge in [0.2, 0.25) is 15.9 Å². The van der Waals surface area contributed by atoms with Crippen molar-refractivity contribution in [1.82, 2.24) is 4.31 Å². The molecule has 0 unspecified atom stereocenters. The van der Waals surface area contributed by atoms with Crippen LogP contribution in [-0.2, 0) is 14.8 Å². The molecular formula is C27H28N2O4S. The number of carbonyl (C=O) groups excluding carboxylic acids is 1. The smallest absolute Gasteiger partial charge is 0.236 e. The lowest BCUT2D eigenvalue weighted by Crippen LogP contribution is -2.40. The second-order valence-electron chi connectivity index (χ2n) is 8.33. The summed E-state index contributed by atoms with van der Waals surface area (Å²) in [5, 5.41) is 4.20. The van der Waals surface area contributed by atoms with E-state index in [1.165, 1.54) is 9.71 Å². The molecule has 176 valence electrons. The van der Waals surface area contributed by atoms with E-state index in [9.17, 15) is 13.2 Å². The van der Waals surface area contributed by atoms with E-state index in [0.717, 1.165) is 11.1 Å². The van der Waals surface area contributed by atoms with Crippen LogP contribution >= 0.6 is 0 Å². The zero-order valence-corrected chi connectivity index (χ0v) is 19.9. The van der Waals surface area contributed by atoms with Crippen molar-refractivity contribution in [3.63, 3.8) is 0 Å². The minimum absolute atomic E-state index is 0.128. The summed E-state index contributed by atoms with van der Waals surface area (Å²) in [6.07, 6.45) is 2.52. The molecule has 3 aromatic carbocycles. The van der Waals surface area contributed by atoms with E-state index in [1.54, 1.807) is 12.1 Å². The Hall–Kier alpha value is -3.42. The standard InChI is InChI=1S/C27H28N2O4S/c1-21-11-13-24(14-12-21)33-26-10-6-5-9-25(26)28-27(30)23-15-18-29(19-16-23)34(31,32)20-17-22-7-3-2-4-8-22/h2-14,17,20,23H,15-16,18-19H2,1H3,(H,28,30)/b20-17-. The molecule has 3 aromatic rings. The Balaban J connectivity index is 1.35. The molecule has 7 heteroatoms. The molecule has 0 bridgehead atoms. The number of aryl methyl sites for hydroxylation is 1. The Morgan fingerprint density at radius 1 is 0.941 bits per heavy atom. The highest BCUT2D eigenvalue weighted by atomic mass is 32.2. The van der Waals surface area contributed by atoms with Crippen LogP contribution in [0.15, 0.2) is 84.3 Å². The van der Waals surface area contributed by atoms with Gasteiger partial charge in [-0.3, -0.25) is 4.79 Å². The van der Waals surface area contributed by atoms with Crippen LogP contribution in [0.25, 0.3) is 6.08 Å². The zero-order valence-electron chi connectivity index (χ0n) is 19.1. The van der Waals surface area contributed by atoms with Crippen molar-refractivity contribution >= 4 is 27.7 Å². The first-order valence-corrected chi connectivity index (χ1v) is 12.8.